The predicted octanol–water partition coefficient (Wildman–Crippen LogP) is 2.82. The first-order chi connectivity index (χ1) is 8.04. The Morgan fingerprint density at radius 1 is 1.33 bits per heavy atom. The molecule has 108 valence electrons. The van der Waals surface area contributed by atoms with Crippen molar-refractivity contribution in [2.75, 3.05) is 13.1 Å². The number of rotatable bonds is 5. The molecule has 1 heterocycles. The zero-order chi connectivity index (χ0) is 12.8. The van der Waals surface area contributed by atoms with Crippen LogP contribution in [0.15, 0.2) is 0 Å². The third-order valence-electron chi connectivity index (χ3n) is 3.62. The Hall–Kier alpha value is -0.280. The standard InChI is InChI=1S/C14H28N2O.ClH/c1-11(2)8-12(3)9-14(17)16-7-5-4-6-13(16)10-15;/h11-13H,4-10,15H2,1-3H3;1H. The van der Waals surface area contributed by atoms with Crippen LogP contribution >= 0.6 is 12.4 Å². The van der Waals surface area contributed by atoms with Crippen molar-refractivity contribution in [3.05, 3.63) is 0 Å². The van der Waals surface area contributed by atoms with E-state index >= 15 is 0 Å². The summed E-state index contributed by atoms with van der Waals surface area (Å²) in [5, 5.41) is 0. The molecular weight excluding hydrogens is 248 g/mol. The first-order valence-electron chi connectivity index (χ1n) is 7.04. The maximum atomic E-state index is 12.2. The van der Waals surface area contributed by atoms with Crippen molar-refractivity contribution in [3.63, 3.8) is 0 Å². The number of carbonyl (C=O) groups is 1. The van der Waals surface area contributed by atoms with Crippen LogP contribution in [0.3, 0.4) is 0 Å². The van der Waals surface area contributed by atoms with Crippen LogP contribution in [0, 0.1) is 11.8 Å². The summed E-state index contributed by atoms with van der Waals surface area (Å²) in [7, 11) is 0. The zero-order valence-electron chi connectivity index (χ0n) is 12.0. The summed E-state index contributed by atoms with van der Waals surface area (Å²) in [5.74, 6) is 1.47. The lowest BCUT2D eigenvalue weighted by molar-refractivity contribution is -0.135. The molecule has 1 aliphatic heterocycles. The van der Waals surface area contributed by atoms with Gasteiger partial charge in [0.05, 0.1) is 0 Å². The average molecular weight is 277 g/mol. The lowest BCUT2D eigenvalue weighted by atomic mass is 9.94. The van der Waals surface area contributed by atoms with Gasteiger partial charge in [-0.25, -0.2) is 0 Å². The summed E-state index contributed by atoms with van der Waals surface area (Å²) < 4.78 is 0. The van der Waals surface area contributed by atoms with Crippen molar-refractivity contribution in [1.29, 1.82) is 0 Å². The zero-order valence-corrected chi connectivity index (χ0v) is 12.8. The van der Waals surface area contributed by atoms with Gasteiger partial charge in [0.1, 0.15) is 0 Å². The van der Waals surface area contributed by atoms with Crippen LogP contribution in [0.5, 0.6) is 0 Å². The molecule has 3 nitrogen and oxygen atoms in total. The molecule has 0 aromatic carbocycles. The number of carbonyl (C=O) groups excluding carboxylic acids is 1. The van der Waals surface area contributed by atoms with Gasteiger partial charge < -0.3 is 10.6 Å². The number of amides is 1. The summed E-state index contributed by atoms with van der Waals surface area (Å²) in [6.07, 6.45) is 5.26. The summed E-state index contributed by atoms with van der Waals surface area (Å²) in [5.41, 5.74) is 5.75. The average Bonchev–Trinajstić information content (AvgIpc) is 2.27. The van der Waals surface area contributed by atoms with Crippen LogP contribution in [0.25, 0.3) is 0 Å². The molecule has 0 radical (unpaired) electrons. The molecule has 0 aromatic heterocycles. The Labute approximate surface area is 118 Å². The smallest absolute Gasteiger partial charge is 0.223 e. The van der Waals surface area contributed by atoms with Crippen molar-refractivity contribution >= 4 is 18.3 Å². The minimum atomic E-state index is 0. The van der Waals surface area contributed by atoms with Gasteiger partial charge in [-0.3, -0.25) is 4.79 Å². The van der Waals surface area contributed by atoms with E-state index in [1.54, 1.807) is 0 Å². The number of nitrogens with zero attached hydrogens (tertiary/aromatic N) is 1. The molecule has 0 aromatic rings. The number of nitrogens with two attached hydrogens (primary N) is 1. The topological polar surface area (TPSA) is 46.3 Å². The highest BCUT2D eigenvalue weighted by Gasteiger charge is 2.26. The van der Waals surface area contributed by atoms with Gasteiger partial charge in [-0.1, -0.05) is 20.8 Å². The van der Waals surface area contributed by atoms with E-state index in [1.165, 1.54) is 6.42 Å². The van der Waals surface area contributed by atoms with Gasteiger partial charge in [-0.15, -0.1) is 12.4 Å². The second-order valence-corrected chi connectivity index (χ2v) is 5.91. The summed E-state index contributed by atoms with van der Waals surface area (Å²) in [4.78, 5) is 14.3. The van der Waals surface area contributed by atoms with Crippen LogP contribution in [0.4, 0.5) is 0 Å². The van der Waals surface area contributed by atoms with Crippen LogP contribution < -0.4 is 5.73 Å². The summed E-state index contributed by atoms with van der Waals surface area (Å²) in [6, 6.07) is 0.294. The summed E-state index contributed by atoms with van der Waals surface area (Å²) in [6.45, 7) is 8.13. The summed E-state index contributed by atoms with van der Waals surface area (Å²) >= 11 is 0. The fourth-order valence-corrected chi connectivity index (χ4v) is 2.88. The van der Waals surface area contributed by atoms with E-state index in [0.29, 0.717) is 36.8 Å². The van der Waals surface area contributed by atoms with E-state index in [4.69, 9.17) is 5.73 Å². The normalized spacial score (nSPS) is 21.6. The van der Waals surface area contributed by atoms with E-state index in [0.717, 1.165) is 25.8 Å². The van der Waals surface area contributed by atoms with E-state index in [-0.39, 0.29) is 12.4 Å². The van der Waals surface area contributed by atoms with Gasteiger partial charge in [0.2, 0.25) is 5.91 Å². The molecule has 2 atom stereocenters. The number of hydrogen-bond acceptors (Lipinski definition) is 2. The molecule has 1 aliphatic rings. The molecular formula is C14H29ClN2O. The quantitative estimate of drug-likeness (QED) is 0.839. The van der Waals surface area contributed by atoms with Crippen LogP contribution in [-0.2, 0) is 4.79 Å². The molecule has 0 aliphatic carbocycles. The largest absolute Gasteiger partial charge is 0.338 e. The van der Waals surface area contributed by atoms with E-state index in [9.17, 15) is 4.79 Å². The lowest BCUT2D eigenvalue weighted by Crippen LogP contribution is -2.47. The Kier molecular flexibility index (Phi) is 8.62. The van der Waals surface area contributed by atoms with Gasteiger partial charge in [0, 0.05) is 25.6 Å². The molecule has 0 saturated carbocycles. The maximum Gasteiger partial charge on any atom is 0.223 e. The van der Waals surface area contributed by atoms with Crippen molar-refractivity contribution in [1.82, 2.24) is 4.90 Å². The monoisotopic (exact) mass is 276 g/mol. The minimum Gasteiger partial charge on any atom is -0.338 e. The second-order valence-electron chi connectivity index (χ2n) is 5.91. The number of likely N-dealkylation sites (tertiary alicyclic amines) is 1. The van der Waals surface area contributed by atoms with Gasteiger partial charge >= 0.3 is 0 Å². The number of hydrogen-bond donors (Lipinski definition) is 1. The Morgan fingerprint density at radius 2 is 2.00 bits per heavy atom. The number of halogens is 1. The van der Waals surface area contributed by atoms with Crippen molar-refractivity contribution < 1.29 is 4.79 Å². The lowest BCUT2D eigenvalue weighted by Gasteiger charge is -2.35. The first kappa shape index (κ1) is 17.7. The Bertz CT molecular complexity index is 246. The third-order valence-corrected chi connectivity index (χ3v) is 3.62. The molecule has 2 N–H and O–H groups in total. The van der Waals surface area contributed by atoms with Crippen molar-refractivity contribution in [2.24, 2.45) is 17.6 Å². The molecule has 0 bridgehead atoms. The first-order valence-corrected chi connectivity index (χ1v) is 7.04. The minimum absolute atomic E-state index is 0. The fraction of sp³-hybridized carbons (Fsp3) is 0.929. The second kappa shape index (κ2) is 8.76. The molecule has 1 rings (SSSR count). The maximum absolute atomic E-state index is 12.2. The highest BCUT2D eigenvalue weighted by molar-refractivity contribution is 5.85. The fourth-order valence-electron chi connectivity index (χ4n) is 2.88. The molecule has 18 heavy (non-hydrogen) atoms. The predicted molar refractivity (Wildman–Crippen MR) is 78.9 cm³/mol. The van der Waals surface area contributed by atoms with E-state index < -0.39 is 0 Å². The van der Waals surface area contributed by atoms with Gasteiger partial charge in [0.25, 0.3) is 0 Å². The van der Waals surface area contributed by atoms with Gasteiger partial charge in [0.15, 0.2) is 0 Å². The van der Waals surface area contributed by atoms with Crippen LogP contribution in [0.2, 0.25) is 0 Å². The van der Waals surface area contributed by atoms with Crippen molar-refractivity contribution in [3.8, 4) is 0 Å². The molecule has 4 heteroatoms. The molecule has 1 amide bonds. The third kappa shape index (κ3) is 5.57. The van der Waals surface area contributed by atoms with Crippen LogP contribution in [-0.4, -0.2) is 29.9 Å². The SMILES string of the molecule is CC(C)CC(C)CC(=O)N1CCCCC1CN.Cl. The van der Waals surface area contributed by atoms with Crippen LogP contribution in [0.1, 0.15) is 52.9 Å². The molecule has 1 saturated heterocycles. The number of piperidine rings is 1. The Balaban J connectivity index is 0.00000289. The van der Waals surface area contributed by atoms with E-state index in [2.05, 4.69) is 20.8 Å². The van der Waals surface area contributed by atoms with Gasteiger partial charge in [-0.2, -0.15) is 0 Å². The van der Waals surface area contributed by atoms with Crippen molar-refractivity contribution in [2.45, 2.75) is 58.9 Å². The molecule has 1 fully saturated rings. The Morgan fingerprint density at radius 3 is 2.56 bits per heavy atom. The molecule has 2 unspecified atom stereocenters. The van der Waals surface area contributed by atoms with Gasteiger partial charge in [-0.05, 0) is 37.5 Å². The molecule has 0 spiro atoms. The highest BCUT2D eigenvalue weighted by atomic mass is 35.5. The van der Waals surface area contributed by atoms with E-state index in [1.807, 2.05) is 4.90 Å². The highest BCUT2D eigenvalue weighted by Crippen LogP contribution is 2.21.